The first-order chi connectivity index (χ1) is 13.3. The van der Waals surface area contributed by atoms with Crippen LogP contribution in [0.15, 0.2) is 57.9 Å². The summed E-state index contributed by atoms with van der Waals surface area (Å²) in [5.41, 5.74) is 0.850. The number of piperidine rings is 1. The van der Waals surface area contributed by atoms with Crippen LogP contribution in [0.2, 0.25) is 0 Å². The third kappa shape index (κ3) is 4.92. The molecule has 1 aliphatic heterocycles. The lowest BCUT2D eigenvalue weighted by Gasteiger charge is -2.36. The second-order valence-corrected chi connectivity index (χ2v) is 9.75. The van der Waals surface area contributed by atoms with Crippen molar-refractivity contribution in [2.45, 2.75) is 23.8 Å². The Kier molecular flexibility index (Phi) is 6.42. The summed E-state index contributed by atoms with van der Waals surface area (Å²) in [6.45, 7) is 1.34. The molecule has 1 fully saturated rings. The minimum atomic E-state index is -3.78. The van der Waals surface area contributed by atoms with Crippen LogP contribution in [0, 0.1) is 0 Å². The van der Waals surface area contributed by atoms with E-state index in [0.29, 0.717) is 30.4 Å². The van der Waals surface area contributed by atoms with Gasteiger partial charge in [0.15, 0.2) is 0 Å². The largest absolute Gasteiger partial charge is 0.337 e. The number of sulfonamides is 1. The molecule has 1 N–H and O–H groups in total. The van der Waals surface area contributed by atoms with Crippen molar-refractivity contribution in [1.29, 1.82) is 0 Å². The number of rotatable bonds is 5. The number of benzene rings is 2. The highest BCUT2D eigenvalue weighted by atomic mass is 79.9. The van der Waals surface area contributed by atoms with E-state index in [-0.39, 0.29) is 10.8 Å². The van der Waals surface area contributed by atoms with Crippen LogP contribution in [-0.4, -0.2) is 57.4 Å². The van der Waals surface area contributed by atoms with Crippen LogP contribution in [0.4, 0.5) is 5.69 Å². The van der Waals surface area contributed by atoms with Crippen LogP contribution >= 0.6 is 15.9 Å². The van der Waals surface area contributed by atoms with Crippen molar-refractivity contribution in [3.8, 4) is 0 Å². The lowest BCUT2D eigenvalue weighted by atomic mass is 10.0. The zero-order valence-electron chi connectivity index (χ0n) is 15.9. The third-order valence-electron chi connectivity index (χ3n) is 4.90. The summed E-state index contributed by atoms with van der Waals surface area (Å²) in [6.07, 6.45) is 2.00. The molecule has 1 heterocycles. The molecule has 1 saturated heterocycles. The van der Waals surface area contributed by atoms with E-state index in [4.69, 9.17) is 0 Å². The molecule has 0 spiro atoms. The van der Waals surface area contributed by atoms with Gasteiger partial charge in [-0.05, 0) is 69.4 Å². The fourth-order valence-electron chi connectivity index (χ4n) is 3.27. The van der Waals surface area contributed by atoms with E-state index in [1.54, 1.807) is 36.4 Å². The molecular weight excluding hydrogens is 442 g/mol. The molecule has 6 nitrogen and oxygen atoms in total. The normalized spacial score (nSPS) is 17.6. The van der Waals surface area contributed by atoms with Crippen LogP contribution in [0.5, 0.6) is 0 Å². The van der Waals surface area contributed by atoms with Crippen molar-refractivity contribution < 1.29 is 13.2 Å². The Morgan fingerprint density at radius 1 is 1.18 bits per heavy atom. The molecule has 0 radical (unpaired) electrons. The summed E-state index contributed by atoms with van der Waals surface area (Å²) >= 11 is 3.32. The topological polar surface area (TPSA) is 69.7 Å². The van der Waals surface area contributed by atoms with Crippen molar-refractivity contribution in [3.05, 3.63) is 58.6 Å². The maximum Gasteiger partial charge on any atom is 0.261 e. The first kappa shape index (κ1) is 20.8. The Bertz CT molecular complexity index is 945. The number of anilines is 1. The number of hydrogen-bond donors (Lipinski definition) is 1. The van der Waals surface area contributed by atoms with Crippen LogP contribution in [0.3, 0.4) is 0 Å². The molecule has 0 bridgehead atoms. The second kappa shape index (κ2) is 8.63. The lowest BCUT2D eigenvalue weighted by molar-refractivity contribution is 0.0635. The van der Waals surface area contributed by atoms with E-state index >= 15 is 0 Å². The molecule has 2 aromatic carbocycles. The number of nitrogens with one attached hydrogen (secondary N) is 1. The zero-order chi connectivity index (χ0) is 20.3. The Morgan fingerprint density at radius 3 is 2.57 bits per heavy atom. The van der Waals surface area contributed by atoms with Gasteiger partial charge in [0.25, 0.3) is 15.9 Å². The van der Waals surface area contributed by atoms with Crippen molar-refractivity contribution in [2.24, 2.45) is 0 Å². The Morgan fingerprint density at radius 2 is 1.89 bits per heavy atom. The summed E-state index contributed by atoms with van der Waals surface area (Å²) in [5.74, 6) is -0.132. The van der Waals surface area contributed by atoms with E-state index in [1.807, 2.05) is 19.0 Å². The summed E-state index contributed by atoms with van der Waals surface area (Å²) in [6, 6.07) is 13.4. The molecule has 0 aromatic heterocycles. The number of halogens is 1. The van der Waals surface area contributed by atoms with Gasteiger partial charge in [-0.2, -0.15) is 0 Å². The molecule has 1 unspecified atom stereocenters. The average Bonchev–Trinajstić information content (AvgIpc) is 2.69. The highest BCUT2D eigenvalue weighted by molar-refractivity contribution is 9.10. The van der Waals surface area contributed by atoms with Gasteiger partial charge in [0.1, 0.15) is 0 Å². The quantitative estimate of drug-likeness (QED) is 0.734. The Labute approximate surface area is 174 Å². The van der Waals surface area contributed by atoms with Gasteiger partial charge in [0.05, 0.1) is 4.90 Å². The fraction of sp³-hybridized carbons (Fsp3) is 0.350. The van der Waals surface area contributed by atoms with Gasteiger partial charge in [-0.3, -0.25) is 9.52 Å². The van der Waals surface area contributed by atoms with Gasteiger partial charge < -0.3 is 9.80 Å². The number of amides is 1. The second-order valence-electron chi connectivity index (χ2n) is 7.15. The minimum Gasteiger partial charge on any atom is -0.337 e. The number of carbonyl (C=O) groups excluding carboxylic acids is 1. The Hall–Kier alpha value is -1.90. The number of likely N-dealkylation sites (tertiary alicyclic amines) is 1. The van der Waals surface area contributed by atoms with Crippen LogP contribution in [-0.2, 0) is 10.0 Å². The van der Waals surface area contributed by atoms with E-state index in [1.165, 1.54) is 12.1 Å². The number of nitrogens with zero attached hydrogens (tertiary/aromatic N) is 2. The maximum atomic E-state index is 12.9. The van der Waals surface area contributed by atoms with Crippen molar-refractivity contribution in [3.63, 3.8) is 0 Å². The van der Waals surface area contributed by atoms with E-state index < -0.39 is 10.0 Å². The van der Waals surface area contributed by atoms with Gasteiger partial charge in [-0.1, -0.05) is 22.0 Å². The summed E-state index contributed by atoms with van der Waals surface area (Å²) in [5, 5.41) is 0. The third-order valence-corrected chi connectivity index (χ3v) is 6.81. The molecule has 0 saturated carbocycles. The zero-order valence-corrected chi connectivity index (χ0v) is 18.3. The van der Waals surface area contributed by atoms with E-state index in [2.05, 4.69) is 25.6 Å². The predicted octanol–water partition coefficient (Wildman–Crippen LogP) is 3.42. The number of carbonyl (C=O) groups is 1. The van der Waals surface area contributed by atoms with Gasteiger partial charge in [-0.25, -0.2) is 8.42 Å². The highest BCUT2D eigenvalue weighted by Gasteiger charge is 2.26. The van der Waals surface area contributed by atoms with Gasteiger partial charge in [0.2, 0.25) is 0 Å². The average molecular weight is 466 g/mol. The van der Waals surface area contributed by atoms with Gasteiger partial charge in [0, 0.05) is 34.9 Å². The molecule has 3 rings (SSSR count). The standard InChI is InChI=1S/C20H24BrN3O3S/c1-23(2)18-6-4-12-24(14-18)20(25)15-5-3-7-19(13-15)28(26,27)22-17-10-8-16(21)9-11-17/h3,5,7-11,13,18,22H,4,6,12,14H2,1-2H3. The predicted molar refractivity (Wildman–Crippen MR) is 114 cm³/mol. The summed E-state index contributed by atoms with van der Waals surface area (Å²) in [7, 11) is 0.246. The first-order valence-corrected chi connectivity index (χ1v) is 11.4. The summed E-state index contributed by atoms with van der Waals surface area (Å²) < 4.78 is 28.9. The smallest absolute Gasteiger partial charge is 0.261 e. The van der Waals surface area contributed by atoms with Gasteiger partial charge in [-0.15, -0.1) is 0 Å². The van der Waals surface area contributed by atoms with Crippen LogP contribution in [0.25, 0.3) is 0 Å². The van der Waals surface area contributed by atoms with E-state index in [9.17, 15) is 13.2 Å². The summed E-state index contributed by atoms with van der Waals surface area (Å²) in [4.78, 5) is 16.9. The van der Waals surface area contributed by atoms with Crippen LogP contribution < -0.4 is 4.72 Å². The molecule has 0 aliphatic carbocycles. The van der Waals surface area contributed by atoms with Crippen molar-refractivity contribution in [2.75, 3.05) is 31.9 Å². The highest BCUT2D eigenvalue weighted by Crippen LogP contribution is 2.21. The lowest BCUT2D eigenvalue weighted by Crippen LogP contribution is -2.47. The molecule has 8 heteroatoms. The molecule has 28 heavy (non-hydrogen) atoms. The molecule has 1 amide bonds. The maximum absolute atomic E-state index is 12.9. The minimum absolute atomic E-state index is 0.0717. The molecule has 2 aromatic rings. The van der Waals surface area contributed by atoms with Crippen molar-refractivity contribution in [1.82, 2.24) is 9.80 Å². The van der Waals surface area contributed by atoms with Crippen molar-refractivity contribution >= 4 is 37.5 Å². The fourth-order valence-corrected chi connectivity index (χ4v) is 4.64. The molecule has 1 aliphatic rings. The Balaban J connectivity index is 1.79. The number of likely N-dealkylation sites (N-methyl/N-ethyl adjacent to an activating group) is 1. The monoisotopic (exact) mass is 465 g/mol. The SMILES string of the molecule is CN(C)C1CCCN(C(=O)c2cccc(S(=O)(=O)Nc3ccc(Br)cc3)c2)C1. The molecular formula is C20H24BrN3O3S. The van der Waals surface area contributed by atoms with E-state index in [0.717, 1.165) is 17.3 Å². The molecule has 1 atom stereocenters. The van der Waals surface area contributed by atoms with Crippen LogP contribution in [0.1, 0.15) is 23.2 Å². The number of hydrogen-bond acceptors (Lipinski definition) is 4. The first-order valence-electron chi connectivity index (χ1n) is 9.10. The van der Waals surface area contributed by atoms with Gasteiger partial charge >= 0.3 is 0 Å². The molecule has 150 valence electrons.